The molecule has 0 bridgehead atoms. The minimum Gasteiger partial charge on any atom is -0.484 e. The second-order valence-corrected chi connectivity index (χ2v) is 4.12. The van der Waals surface area contributed by atoms with E-state index in [-0.39, 0.29) is 23.3 Å². The molecule has 1 N–H and O–H groups in total. The van der Waals surface area contributed by atoms with Crippen molar-refractivity contribution in [2.45, 2.75) is 6.61 Å². The zero-order valence-corrected chi connectivity index (χ0v) is 10.8. The van der Waals surface area contributed by atoms with Crippen LogP contribution >= 0.6 is 11.6 Å². The molecule has 0 aliphatic heterocycles. The average molecular weight is 284 g/mol. The lowest BCUT2D eigenvalue weighted by molar-refractivity contribution is 0.0931. The highest BCUT2D eigenvalue weighted by atomic mass is 35.5. The van der Waals surface area contributed by atoms with Crippen molar-refractivity contribution in [1.82, 2.24) is 5.32 Å². The summed E-state index contributed by atoms with van der Waals surface area (Å²) >= 11 is 5.81. The molecule has 2 aromatic rings. The van der Waals surface area contributed by atoms with E-state index in [1.165, 1.54) is 19.2 Å². The topological polar surface area (TPSA) is 51.5 Å². The van der Waals surface area contributed by atoms with Gasteiger partial charge < -0.3 is 14.5 Å². The first-order chi connectivity index (χ1) is 9.10. The Balaban J connectivity index is 2.02. The van der Waals surface area contributed by atoms with Gasteiger partial charge >= 0.3 is 0 Å². The van der Waals surface area contributed by atoms with Crippen LogP contribution in [0.25, 0.3) is 0 Å². The molecule has 0 unspecified atom stereocenters. The van der Waals surface area contributed by atoms with E-state index in [1.807, 2.05) is 0 Å². The second kappa shape index (κ2) is 5.75. The molecule has 100 valence electrons. The number of rotatable bonds is 4. The Morgan fingerprint density at radius 1 is 1.42 bits per heavy atom. The van der Waals surface area contributed by atoms with Gasteiger partial charge in [-0.2, -0.15) is 0 Å². The lowest BCUT2D eigenvalue weighted by atomic mass is 10.3. The first kappa shape index (κ1) is 13.4. The summed E-state index contributed by atoms with van der Waals surface area (Å²) in [6.45, 7) is 0.0996. The summed E-state index contributed by atoms with van der Waals surface area (Å²) in [4.78, 5) is 11.3. The van der Waals surface area contributed by atoms with Gasteiger partial charge in [0.25, 0.3) is 5.91 Å². The number of carbonyl (C=O) groups excluding carboxylic acids is 1. The van der Waals surface area contributed by atoms with Crippen LogP contribution < -0.4 is 10.1 Å². The molecule has 6 heteroatoms. The minimum atomic E-state index is -0.433. The Morgan fingerprint density at radius 2 is 2.21 bits per heavy atom. The lowest BCUT2D eigenvalue weighted by Gasteiger charge is -2.06. The maximum Gasteiger partial charge on any atom is 0.286 e. The van der Waals surface area contributed by atoms with Gasteiger partial charge in [0.1, 0.15) is 23.9 Å². The molecule has 2 rings (SSSR count). The van der Waals surface area contributed by atoms with Crippen LogP contribution in [-0.2, 0) is 6.61 Å². The monoisotopic (exact) mass is 283 g/mol. The summed E-state index contributed by atoms with van der Waals surface area (Å²) in [5, 5.41) is 2.63. The van der Waals surface area contributed by atoms with Crippen LogP contribution in [-0.4, -0.2) is 13.0 Å². The number of nitrogens with one attached hydrogen (secondary N) is 1. The molecule has 1 aromatic carbocycles. The van der Waals surface area contributed by atoms with Gasteiger partial charge in [-0.15, -0.1) is 0 Å². The molecule has 1 heterocycles. The van der Waals surface area contributed by atoms with E-state index in [1.54, 1.807) is 12.1 Å². The fourth-order valence-corrected chi connectivity index (χ4v) is 1.66. The van der Waals surface area contributed by atoms with Crippen LogP contribution in [0, 0.1) is 5.82 Å². The van der Waals surface area contributed by atoms with Crippen LogP contribution in [0.15, 0.2) is 34.7 Å². The van der Waals surface area contributed by atoms with Gasteiger partial charge in [-0.05, 0) is 30.3 Å². The van der Waals surface area contributed by atoms with Gasteiger partial charge in [0.05, 0.1) is 5.02 Å². The molecule has 4 nitrogen and oxygen atoms in total. The molecule has 1 aromatic heterocycles. The van der Waals surface area contributed by atoms with Crippen molar-refractivity contribution >= 4 is 17.5 Å². The van der Waals surface area contributed by atoms with Gasteiger partial charge in [0.2, 0.25) is 0 Å². The fourth-order valence-electron chi connectivity index (χ4n) is 1.44. The lowest BCUT2D eigenvalue weighted by Crippen LogP contribution is -2.16. The molecule has 0 saturated carbocycles. The Kier molecular flexibility index (Phi) is 4.06. The fraction of sp³-hybridized carbons (Fsp3) is 0.154. The zero-order valence-electron chi connectivity index (χ0n) is 10.1. The van der Waals surface area contributed by atoms with Crippen molar-refractivity contribution in [2.24, 2.45) is 0 Å². The van der Waals surface area contributed by atoms with E-state index >= 15 is 0 Å². The highest BCUT2D eigenvalue weighted by Gasteiger charge is 2.10. The van der Waals surface area contributed by atoms with Crippen LogP contribution in [0.3, 0.4) is 0 Å². The van der Waals surface area contributed by atoms with Gasteiger partial charge in [-0.1, -0.05) is 11.6 Å². The number of ether oxygens (including phenoxy) is 1. The first-order valence-corrected chi connectivity index (χ1v) is 5.86. The van der Waals surface area contributed by atoms with E-state index in [0.29, 0.717) is 11.5 Å². The number of benzene rings is 1. The van der Waals surface area contributed by atoms with E-state index in [2.05, 4.69) is 5.32 Å². The number of hydrogen-bond acceptors (Lipinski definition) is 3. The highest BCUT2D eigenvalue weighted by molar-refractivity contribution is 6.32. The van der Waals surface area contributed by atoms with Crippen molar-refractivity contribution in [3.63, 3.8) is 0 Å². The molecule has 0 aliphatic carbocycles. The van der Waals surface area contributed by atoms with Crippen LogP contribution in [0.2, 0.25) is 5.02 Å². The number of halogens is 2. The third-order valence-corrected chi connectivity index (χ3v) is 2.67. The molecule has 0 aliphatic rings. The van der Waals surface area contributed by atoms with E-state index < -0.39 is 5.82 Å². The number of furan rings is 1. The van der Waals surface area contributed by atoms with Crippen LogP contribution in [0.5, 0.6) is 5.75 Å². The number of hydrogen-bond donors (Lipinski definition) is 1. The molecule has 0 spiro atoms. The smallest absolute Gasteiger partial charge is 0.286 e. The standard InChI is InChI=1S/C13H11ClFNO3/c1-16-13(17)12-5-3-9(19-12)7-18-11-4-2-8(15)6-10(11)14/h2-6H,7H2,1H3,(H,16,17). The minimum absolute atomic E-state index is 0.0996. The molecule has 0 radical (unpaired) electrons. The molecular formula is C13H11ClFNO3. The summed E-state index contributed by atoms with van der Waals surface area (Å²) in [6, 6.07) is 7.01. The van der Waals surface area contributed by atoms with Crippen molar-refractivity contribution < 1.29 is 18.3 Å². The number of amides is 1. The second-order valence-electron chi connectivity index (χ2n) is 3.71. The SMILES string of the molecule is CNC(=O)c1ccc(COc2ccc(F)cc2Cl)o1. The molecule has 19 heavy (non-hydrogen) atoms. The number of carbonyl (C=O) groups is 1. The largest absolute Gasteiger partial charge is 0.484 e. The molecule has 0 atom stereocenters. The maximum atomic E-state index is 12.8. The van der Waals surface area contributed by atoms with E-state index in [4.69, 9.17) is 20.8 Å². The van der Waals surface area contributed by atoms with Crippen molar-refractivity contribution in [3.8, 4) is 5.75 Å². The Bertz CT molecular complexity index is 597. The third-order valence-electron chi connectivity index (χ3n) is 2.38. The van der Waals surface area contributed by atoms with E-state index in [9.17, 15) is 9.18 Å². The summed E-state index contributed by atoms with van der Waals surface area (Å²) in [7, 11) is 1.51. The average Bonchev–Trinajstić information content (AvgIpc) is 2.85. The zero-order chi connectivity index (χ0) is 13.8. The third kappa shape index (κ3) is 3.26. The van der Waals surface area contributed by atoms with Crippen LogP contribution in [0.4, 0.5) is 4.39 Å². The normalized spacial score (nSPS) is 10.3. The summed E-state index contributed by atoms with van der Waals surface area (Å²) < 4.78 is 23.5. The predicted octanol–water partition coefficient (Wildman–Crippen LogP) is 3.01. The maximum absolute atomic E-state index is 12.8. The Hall–Kier alpha value is -2.01. The molecule has 1 amide bonds. The van der Waals surface area contributed by atoms with Gasteiger partial charge in [0.15, 0.2) is 5.76 Å². The van der Waals surface area contributed by atoms with Gasteiger partial charge in [-0.3, -0.25) is 4.79 Å². The van der Waals surface area contributed by atoms with Gasteiger partial charge in [0, 0.05) is 7.05 Å². The quantitative estimate of drug-likeness (QED) is 0.938. The highest BCUT2D eigenvalue weighted by Crippen LogP contribution is 2.25. The summed E-state index contributed by atoms with van der Waals surface area (Å²) in [5.41, 5.74) is 0. The molecular weight excluding hydrogens is 273 g/mol. The molecule has 0 fully saturated rings. The van der Waals surface area contributed by atoms with Crippen molar-refractivity contribution in [3.05, 3.63) is 52.7 Å². The van der Waals surface area contributed by atoms with Crippen LogP contribution in [0.1, 0.15) is 16.3 Å². The first-order valence-electron chi connectivity index (χ1n) is 5.49. The Labute approximate surface area is 114 Å². The van der Waals surface area contributed by atoms with E-state index in [0.717, 1.165) is 6.07 Å². The summed E-state index contributed by atoms with van der Waals surface area (Å²) in [6.07, 6.45) is 0. The summed E-state index contributed by atoms with van der Waals surface area (Å²) in [5.74, 6) is 0.273. The van der Waals surface area contributed by atoms with Crippen molar-refractivity contribution in [1.29, 1.82) is 0 Å². The molecule has 0 saturated heterocycles. The van der Waals surface area contributed by atoms with Crippen molar-refractivity contribution in [2.75, 3.05) is 7.05 Å². The Morgan fingerprint density at radius 3 is 2.89 bits per heavy atom. The predicted molar refractivity (Wildman–Crippen MR) is 67.8 cm³/mol. The van der Waals surface area contributed by atoms with Gasteiger partial charge in [-0.25, -0.2) is 4.39 Å².